The number of hydrogen-bond donors (Lipinski definition) is 1. The highest BCUT2D eigenvalue weighted by atomic mass is 35.5. The van der Waals surface area contributed by atoms with Gasteiger partial charge in [0.15, 0.2) is 6.61 Å². The molecule has 0 aliphatic rings. The average Bonchev–Trinajstić information content (AvgIpc) is 2.67. The van der Waals surface area contributed by atoms with Crippen molar-refractivity contribution < 1.29 is 14.3 Å². The normalized spacial score (nSPS) is 10.3. The second kappa shape index (κ2) is 9.31. The van der Waals surface area contributed by atoms with Crippen LogP contribution in [0.3, 0.4) is 0 Å². The van der Waals surface area contributed by atoms with Crippen LogP contribution in [0.5, 0.6) is 11.5 Å². The van der Waals surface area contributed by atoms with Crippen molar-refractivity contribution in [1.29, 1.82) is 0 Å². The van der Waals surface area contributed by atoms with Crippen LogP contribution in [0.2, 0.25) is 10.0 Å². The summed E-state index contributed by atoms with van der Waals surface area (Å²) in [6.45, 7) is 0.329. The Kier molecular flexibility index (Phi) is 6.58. The van der Waals surface area contributed by atoms with E-state index in [0.29, 0.717) is 28.1 Å². The van der Waals surface area contributed by atoms with E-state index < -0.39 is 0 Å². The van der Waals surface area contributed by atoms with Crippen molar-refractivity contribution in [3.8, 4) is 11.5 Å². The van der Waals surface area contributed by atoms with Crippen LogP contribution in [-0.4, -0.2) is 12.5 Å². The Hall–Kier alpha value is -2.69. The summed E-state index contributed by atoms with van der Waals surface area (Å²) in [5.74, 6) is 0.834. The molecule has 0 spiro atoms. The molecule has 0 saturated carbocycles. The number of anilines is 1. The summed E-state index contributed by atoms with van der Waals surface area (Å²) in [6, 6.07) is 21.9. The molecule has 0 saturated heterocycles. The van der Waals surface area contributed by atoms with Gasteiger partial charge in [-0.15, -0.1) is 0 Å². The van der Waals surface area contributed by atoms with E-state index in [-0.39, 0.29) is 12.5 Å². The number of nitrogens with one attached hydrogen (secondary N) is 1. The zero-order chi connectivity index (χ0) is 19.1. The van der Waals surface area contributed by atoms with Gasteiger partial charge >= 0.3 is 0 Å². The molecule has 6 heteroatoms. The van der Waals surface area contributed by atoms with E-state index in [1.165, 1.54) is 0 Å². The van der Waals surface area contributed by atoms with Crippen molar-refractivity contribution in [2.45, 2.75) is 6.61 Å². The molecule has 3 aromatic carbocycles. The molecule has 0 fully saturated rings. The number of carbonyl (C=O) groups excluding carboxylic acids is 1. The molecule has 0 unspecified atom stereocenters. The van der Waals surface area contributed by atoms with Crippen molar-refractivity contribution in [2.75, 3.05) is 11.9 Å². The molecule has 4 nitrogen and oxygen atoms in total. The minimum atomic E-state index is -0.293. The Labute approximate surface area is 167 Å². The molecule has 0 aliphatic carbocycles. The van der Waals surface area contributed by atoms with Gasteiger partial charge < -0.3 is 14.8 Å². The van der Waals surface area contributed by atoms with E-state index in [1.807, 2.05) is 30.3 Å². The largest absolute Gasteiger partial charge is 0.489 e. The van der Waals surface area contributed by atoms with E-state index in [2.05, 4.69) is 5.32 Å². The van der Waals surface area contributed by atoms with Crippen LogP contribution < -0.4 is 14.8 Å². The van der Waals surface area contributed by atoms with Gasteiger partial charge in [0.1, 0.15) is 18.1 Å². The number of amides is 1. The van der Waals surface area contributed by atoms with Crippen molar-refractivity contribution in [3.05, 3.63) is 88.4 Å². The third kappa shape index (κ3) is 5.91. The first-order valence-corrected chi connectivity index (χ1v) is 9.00. The van der Waals surface area contributed by atoms with Crippen LogP contribution >= 0.6 is 23.2 Å². The van der Waals surface area contributed by atoms with E-state index in [9.17, 15) is 4.79 Å². The molecule has 0 aromatic heterocycles. The number of benzene rings is 3. The maximum Gasteiger partial charge on any atom is 0.262 e. The Morgan fingerprint density at radius 3 is 2.33 bits per heavy atom. The fourth-order valence-electron chi connectivity index (χ4n) is 2.31. The number of rotatable bonds is 7. The summed E-state index contributed by atoms with van der Waals surface area (Å²) >= 11 is 11.8. The van der Waals surface area contributed by atoms with Crippen LogP contribution in [0.1, 0.15) is 5.56 Å². The summed E-state index contributed by atoms with van der Waals surface area (Å²) in [6.07, 6.45) is 0. The second-order valence-corrected chi connectivity index (χ2v) is 6.55. The zero-order valence-electron chi connectivity index (χ0n) is 14.3. The fourth-order valence-corrected chi connectivity index (χ4v) is 2.77. The summed E-state index contributed by atoms with van der Waals surface area (Å²) < 4.78 is 11.1. The number of halogens is 2. The fraction of sp³-hybridized carbons (Fsp3) is 0.0952. The SMILES string of the molecule is O=C(COc1ccc(Cl)cc1Cl)Nc1ccc(OCc2ccccc2)cc1. The Bertz CT molecular complexity index is 899. The van der Waals surface area contributed by atoms with E-state index in [4.69, 9.17) is 32.7 Å². The predicted octanol–water partition coefficient (Wildman–Crippen LogP) is 5.59. The summed E-state index contributed by atoms with van der Waals surface area (Å²) in [4.78, 5) is 12.0. The topological polar surface area (TPSA) is 47.6 Å². The summed E-state index contributed by atoms with van der Waals surface area (Å²) in [5, 5.41) is 3.62. The Balaban J connectivity index is 1.48. The van der Waals surface area contributed by atoms with Crippen LogP contribution in [-0.2, 0) is 11.4 Å². The molecular formula is C21H17Cl2NO3. The smallest absolute Gasteiger partial charge is 0.262 e. The van der Waals surface area contributed by atoms with E-state index in [1.54, 1.807) is 42.5 Å². The van der Waals surface area contributed by atoms with E-state index in [0.717, 1.165) is 11.3 Å². The first-order valence-electron chi connectivity index (χ1n) is 8.24. The molecule has 0 bridgehead atoms. The number of hydrogen-bond acceptors (Lipinski definition) is 3. The molecule has 3 aromatic rings. The third-order valence-corrected chi connectivity index (χ3v) is 4.17. The van der Waals surface area contributed by atoms with Gasteiger partial charge in [0, 0.05) is 10.7 Å². The molecule has 0 heterocycles. The van der Waals surface area contributed by atoms with Crippen LogP contribution in [0.25, 0.3) is 0 Å². The van der Waals surface area contributed by atoms with Crippen molar-refractivity contribution in [1.82, 2.24) is 0 Å². The van der Waals surface area contributed by atoms with Crippen LogP contribution in [0.4, 0.5) is 5.69 Å². The molecule has 138 valence electrons. The first kappa shape index (κ1) is 19.1. The van der Waals surface area contributed by atoms with Crippen molar-refractivity contribution in [3.63, 3.8) is 0 Å². The molecule has 0 atom stereocenters. The molecule has 27 heavy (non-hydrogen) atoms. The van der Waals surface area contributed by atoms with Gasteiger partial charge in [-0.1, -0.05) is 53.5 Å². The lowest BCUT2D eigenvalue weighted by Crippen LogP contribution is -2.20. The number of ether oxygens (including phenoxy) is 2. The van der Waals surface area contributed by atoms with Crippen molar-refractivity contribution in [2.24, 2.45) is 0 Å². The van der Waals surface area contributed by atoms with Gasteiger partial charge in [-0.05, 0) is 48.0 Å². The minimum absolute atomic E-state index is 0.159. The maximum absolute atomic E-state index is 12.0. The van der Waals surface area contributed by atoms with Gasteiger partial charge in [0.05, 0.1) is 5.02 Å². The molecule has 1 amide bonds. The third-order valence-electron chi connectivity index (χ3n) is 3.64. The highest BCUT2D eigenvalue weighted by Gasteiger charge is 2.07. The zero-order valence-corrected chi connectivity index (χ0v) is 15.8. The highest BCUT2D eigenvalue weighted by molar-refractivity contribution is 6.35. The lowest BCUT2D eigenvalue weighted by Gasteiger charge is -2.10. The number of carbonyl (C=O) groups is 1. The summed E-state index contributed by atoms with van der Waals surface area (Å²) in [5.41, 5.74) is 1.74. The Morgan fingerprint density at radius 2 is 1.63 bits per heavy atom. The summed E-state index contributed by atoms with van der Waals surface area (Å²) in [7, 11) is 0. The molecule has 1 N–H and O–H groups in total. The monoisotopic (exact) mass is 401 g/mol. The maximum atomic E-state index is 12.0. The quantitative estimate of drug-likeness (QED) is 0.561. The van der Waals surface area contributed by atoms with Gasteiger partial charge in [-0.25, -0.2) is 0 Å². The molecule has 3 rings (SSSR count). The Morgan fingerprint density at radius 1 is 0.889 bits per heavy atom. The highest BCUT2D eigenvalue weighted by Crippen LogP contribution is 2.27. The van der Waals surface area contributed by atoms with Gasteiger partial charge in [-0.2, -0.15) is 0 Å². The van der Waals surface area contributed by atoms with Gasteiger partial charge in [-0.3, -0.25) is 4.79 Å². The lowest BCUT2D eigenvalue weighted by molar-refractivity contribution is -0.118. The van der Waals surface area contributed by atoms with Gasteiger partial charge in [0.2, 0.25) is 0 Å². The average molecular weight is 402 g/mol. The minimum Gasteiger partial charge on any atom is -0.489 e. The van der Waals surface area contributed by atoms with Crippen LogP contribution in [0, 0.1) is 0 Å². The van der Waals surface area contributed by atoms with Gasteiger partial charge in [0.25, 0.3) is 5.91 Å². The molecule has 0 radical (unpaired) electrons. The first-order chi connectivity index (χ1) is 13.1. The van der Waals surface area contributed by atoms with E-state index >= 15 is 0 Å². The lowest BCUT2D eigenvalue weighted by atomic mass is 10.2. The standard InChI is InChI=1S/C21H17Cl2NO3/c22-16-6-11-20(19(23)12-16)27-14-21(25)24-17-7-9-18(10-8-17)26-13-15-4-2-1-3-5-15/h1-12H,13-14H2,(H,24,25). The molecule has 0 aliphatic heterocycles. The predicted molar refractivity (Wildman–Crippen MR) is 108 cm³/mol. The van der Waals surface area contributed by atoms with Crippen LogP contribution in [0.15, 0.2) is 72.8 Å². The molecular weight excluding hydrogens is 385 g/mol. The van der Waals surface area contributed by atoms with Crippen molar-refractivity contribution >= 4 is 34.8 Å². The second-order valence-electron chi connectivity index (χ2n) is 5.71.